The smallest absolute Gasteiger partial charge is 0.341 e. The van der Waals surface area contributed by atoms with Crippen molar-refractivity contribution in [2.75, 3.05) is 0 Å². The highest BCUT2D eigenvalue weighted by molar-refractivity contribution is 6.02. The number of hydrogen-bond acceptors (Lipinski definition) is 4. The first-order chi connectivity index (χ1) is 9.08. The molecule has 3 aromatic rings. The van der Waals surface area contributed by atoms with Crippen molar-refractivity contribution >= 4 is 16.9 Å². The Bertz CT molecular complexity index is 785. The molecule has 0 atom stereocenters. The average molecular weight is 258 g/mol. The summed E-state index contributed by atoms with van der Waals surface area (Å²) < 4.78 is 5.07. The van der Waals surface area contributed by atoms with Gasteiger partial charge in [-0.3, -0.25) is 0 Å². The molecule has 0 unspecified atom stereocenters. The number of carbonyl (C=O) groups is 1. The first-order valence-corrected chi connectivity index (χ1v) is 5.57. The standard InChI is InChI=1S/C13H10N2O4/c1-6-11(12-9(13(17)18)5-14-19-12)8-4-7(16)2-3-10(8)15-6/h2-5,15-16H,1H3,(H,17,18). The van der Waals surface area contributed by atoms with E-state index in [9.17, 15) is 9.90 Å². The molecule has 6 heteroatoms. The number of aromatic hydroxyl groups is 1. The predicted molar refractivity (Wildman–Crippen MR) is 67.2 cm³/mol. The molecule has 0 saturated carbocycles. The molecule has 96 valence electrons. The van der Waals surface area contributed by atoms with E-state index in [1.54, 1.807) is 25.1 Å². The number of carboxylic acid groups (broad SMARTS) is 1. The molecule has 0 bridgehead atoms. The summed E-state index contributed by atoms with van der Waals surface area (Å²) in [4.78, 5) is 14.2. The second-order valence-electron chi connectivity index (χ2n) is 4.23. The second kappa shape index (κ2) is 3.88. The number of nitrogens with one attached hydrogen (secondary N) is 1. The van der Waals surface area contributed by atoms with Crippen LogP contribution in [-0.2, 0) is 0 Å². The highest BCUT2D eigenvalue weighted by atomic mass is 16.5. The van der Waals surface area contributed by atoms with Gasteiger partial charge in [-0.15, -0.1) is 0 Å². The van der Waals surface area contributed by atoms with Gasteiger partial charge in [0.05, 0.1) is 6.20 Å². The van der Waals surface area contributed by atoms with Crippen molar-refractivity contribution in [2.45, 2.75) is 6.92 Å². The van der Waals surface area contributed by atoms with E-state index in [-0.39, 0.29) is 17.1 Å². The summed E-state index contributed by atoms with van der Waals surface area (Å²) in [6.45, 7) is 1.81. The van der Waals surface area contributed by atoms with Crippen LogP contribution in [0.5, 0.6) is 5.75 Å². The maximum absolute atomic E-state index is 11.1. The Hall–Kier alpha value is -2.76. The lowest BCUT2D eigenvalue weighted by molar-refractivity contribution is 0.0697. The Morgan fingerprint density at radius 3 is 2.95 bits per heavy atom. The van der Waals surface area contributed by atoms with E-state index in [4.69, 9.17) is 9.63 Å². The fourth-order valence-electron chi connectivity index (χ4n) is 2.18. The number of H-pyrrole nitrogens is 1. The molecule has 0 spiro atoms. The summed E-state index contributed by atoms with van der Waals surface area (Å²) in [5.74, 6) is -0.823. The van der Waals surface area contributed by atoms with Crippen molar-refractivity contribution in [3.63, 3.8) is 0 Å². The van der Waals surface area contributed by atoms with Crippen molar-refractivity contribution < 1.29 is 19.5 Å². The molecule has 0 fully saturated rings. The maximum Gasteiger partial charge on any atom is 0.341 e. The second-order valence-corrected chi connectivity index (χ2v) is 4.23. The van der Waals surface area contributed by atoms with Crippen LogP contribution in [0.4, 0.5) is 0 Å². The fourth-order valence-corrected chi connectivity index (χ4v) is 2.18. The average Bonchev–Trinajstić information content (AvgIpc) is 2.91. The molecule has 19 heavy (non-hydrogen) atoms. The zero-order chi connectivity index (χ0) is 13.6. The SMILES string of the molecule is Cc1[nH]c2ccc(O)cc2c1-c1oncc1C(=O)O. The van der Waals surface area contributed by atoms with Crippen molar-refractivity contribution in [3.05, 3.63) is 35.7 Å². The van der Waals surface area contributed by atoms with Gasteiger partial charge in [0, 0.05) is 22.2 Å². The number of phenols is 1. The molecule has 0 amide bonds. The van der Waals surface area contributed by atoms with E-state index in [2.05, 4.69) is 10.1 Å². The molecule has 1 aromatic carbocycles. The van der Waals surface area contributed by atoms with Gasteiger partial charge in [-0.2, -0.15) is 0 Å². The van der Waals surface area contributed by atoms with E-state index < -0.39 is 5.97 Å². The molecule has 0 radical (unpaired) electrons. The van der Waals surface area contributed by atoms with Crippen LogP contribution < -0.4 is 0 Å². The Morgan fingerprint density at radius 2 is 2.21 bits per heavy atom. The monoisotopic (exact) mass is 258 g/mol. The fraction of sp³-hybridized carbons (Fsp3) is 0.0769. The third kappa shape index (κ3) is 1.65. The van der Waals surface area contributed by atoms with Gasteiger partial charge in [0.25, 0.3) is 0 Å². The molecule has 2 aromatic heterocycles. The zero-order valence-electron chi connectivity index (χ0n) is 9.97. The van der Waals surface area contributed by atoms with Crippen molar-refractivity contribution in [1.29, 1.82) is 0 Å². The summed E-state index contributed by atoms with van der Waals surface area (Å²) in [7, 11) is 0. The number of benzene rings is 1. The molecule has 2 heterocycles. The number of hydrogen-bond donors (Lipinski definition) is 3. The quantitative estimate of drug-likeness (QED) is 0.656. The number of aromatic carboxylic acids is 1. The largest absolute Gasteiger partial charge is 0.508 e. The Kier molecular flexibility index (Phi) is 2.31. The van der Waals surface area contributed by atoms with Gasteiger partial charge < -0.3 is 19.7 Å². The van der Waals surface area contributed by atoms with Crippen LogP contribution in [0.1, 0.15) is 16.1 Å². The van der Waals surface area contributed by atoms with Crippen LogP contribution in [0.3, 0.4) is 0 Å². The summed E-state index contributed by atoms with van der Waals surface area (Å²) in [6, 6.07) is 4.83. The number of fused-ring (bicyclic) bond motifs is 1. The Balaban J connectivity index is 2.35. The number of aromatic nitrogens is 2. The number of nitrogens with zero attached hydrogens (tertiary/aromatic N) is 1. The van der Waals surface area contributed by atoms with E-state index in [1.165, 1.54) is 6.20 Å². The lowest BCUT2D eigenvalue weighted by Gasteiger charge is -1.98. The Morgan fingerprint density at radius 1 is 1.42 bits per heavy atom. The molecule has 0 aliphatic carbocycles. The minimum Gasteiger partial charge on any atom is -0.508 e. The molecule has 0 aliphatic rings. The topological polar surface area (TPSA) is 99.4 Å². The van der Waals surface area contributed by atoms with Gasteiger partial charge >= 0.3 is 5.97 Å². The number of aromatic amines is 1. The van der Waals surface area contributed by atoms with Gasteiger partial charge in [-0.25, -0.2) is 4.79 Å². The van der Waals surface area contributed by atoms with Crippen LogP contribution in [0, 0.1) is 6.92 Å². The van der Waals surface area contributed by atoms with Crippen LogP contribution in [-0.4, -0.2) is 26.3 Å². The minimum absolute atomic E-state index is 0.00709. The number of phenolic OH excluding ortho intramolecular Hbond substituents is 1. The molecular formula is C13H10N2O4. The van der Waals surface area contributed by atoms with Gasteiger partial charge in [-0.1, -0.05) is 5.16 Å². The van der Waals surface area contributed by atoms with Gasteiger partial charge in [-0.05, 0) is 25.1 Å². The van der Waals surface area contributed by atoms with Crippen molar-refractivity contribution in [2.24, 2.45) is 0 Å². The van der Waals surface area contributed by atoms with Crippen molar-refractivity contribution in [3.8, 4) is 17.1 Å². The van der Waals surface area contributed by atoms with Crippen LogP contribution in [0.15, 0.2) is 28.9 Å². The summed E-state index contributed by atoms with van der Waals surface area (Å²) >= 11 is 0. The first kappa shape index (κ1) is 11.3. The molecule has 3 N–H and O–H groups in total. The number of rotatable bonds is 2. The minimum atomic E-state index is -1.11. The zero-order valence-corrected chi connectivity index (χ0v) is 9.97. The first-order valence-electron chi connectivity index (χ1n) is 5.57. The van der Waals surface area contributed by atoms with Crippen LogP contribution in [0.25, 0.3) is 22.2 Å². The number of aryl methyl sites for hydroxylation is 1. The molecule has 6 nitrogen and oxygen atoms in total. The molecule has 3 rings (SSSR count). The van der Waals surface area contributed by atoms with E-state index >= 15 is 0 Å². The maximum atomic E-state index is 11.1. The van der Waals surface area contributed by atoms with Gasteiger partial charge in [0.2, 0.25) is 0 Å². The highest BCUT2D eigenvalue weighted by Crippen LogP contribution is 2.35. The molecule has 0 saturated heterocycles. The van der Waals surface area contributed by atoms with Crippen molar-refractivity contribution in [1.82, 2.24) is 10.1 Å². The van der Waals surface area contributed by atoms with Crippen LogP contribution >= 0.6 is 0 Å². The van der Waals surface area contributed by atoms with E-state index in [0.717, 1.165) is 11.2 Å². The van der Waals surface area contributed by atoms with E-state index in [1.807, 2.05) is 0 Å². The highest BCUT2D eigenvalue weighted by Gasteiger charge is 2.22. The Labute approximate surface area is 107 Å². The number of carboxylic acids is 1. The third-order valence-electron chi connectivity index (χ3n) is 3.00. The lowest BCUT2D eigenvalue weighted by Crippen LogP contribution is -1.96. The van der Waals surface area contributed by atoms with E-state index in [0.29, 0.717) is 10.9 Å². The summed E-state index contributed by atoms with van der Waals surface area (Å²) in [5.41, 5.74) is 2.13. The summed E-state index contributed by atoms with van der Waals surface area (Å²) in [5, 5.41) is 22.9. The third-order valence-corrected chi connectivity index (χ3v) is 3.00. The van der Waals surface area contributed by atoms with Gasteiger partial charge in [0.15, 0.2) is 5.76 Å². The molecule has 0 aliphatic heterocycles. The predicted octanol–water partition coefficient (Wildman–Crippen LogP) is 2.54. The van der Waals surface area contributed by atoms with Gasteiger partial charge in [0.1, 0.15) is 11.3 Å². The lowest BCUT2D eigenvalue weighted by atomic mass is 10.1. The normalized spacial score (nSPS) is 11.0. The molecular weight excluding hydrogens is 248 g/mol. The van der Waals surface area contributed by atoms with Crippen LogP contribution in [0.2, 0.25) is 0 Å². The summed E-state index contributed by atoms with van der Waals surface area (Å²) in [6.07, 6.45) is 1.17.